The van der Waals surface area contributed by atoms with E-state index in [-0.39, 0.29) is 5.75 Å². The van der Waals surface area contributed by atoms with Crippen molar-refractivity contribution in [3.05, 3.63) is 29.7 Å². The lowest BCUT2D eigenvalue weighted by Crippen LogP contribution is -2.16. The van der Waals surface area contributed by atoms with Gasteiger partial charge in [0.15, 0.2) is 5.65 Å². The summed E-state index contributed by atoms with van der Waals surface area (Å²) in [6, 6.07) is 3.54. The number of anilines is 1. The number of rotatable bonds is 4. The minimum absolute atomic E-state index is 0.118. The molecule has 0 radical (unpaired) electrons. The molecule has 0 unspecified atom stereocenters. The maximum absolute atomic E-state index is 11.8. The second-order valence-electron chi connectivity index (χ2n) is 4.32. The largest absolute Gasteiger partial charge is 0.302 e. The molecule has 2 rings (SSSR count). The van der Waals surface area contributed by atoms with Gasteiger partial charge < -0.3 is 4.40 Å². The van der Waals surface area contributed by atoms with Crippen LogP contribution >= 0.6 is 0 Å². The molecular weight excluding hydrogens is 250 g/mol. The van der Waals surface area contributed by atoms with E-state index in [0.29, 0.717) is 17.8 Å². The van der Waals surface area contributed by atoms with Crippen LogP contribution in [0.1, 0.15) is 24.7 Å². The Morgan fingerprint density at radius 3 is 2.78 bits per heavy atom. The number of fused-ring (bicyclic) bond motifs is 1. The van der Waals surface area contributed by atoms with E-state index in [1.807, 2.05) is 37.4 Å². The fourth-order valence-electron chi connectivity index (χ4n) is 1.87. The first kappa shape index (κ1) is 12.9. The van der Waals surface area contributed by atoms with E-state index in [1.165, 1.54) is 0 Å². The molecule has 0 aromatic carbocycles. The lowest BCUT2D eigenvalue weighted by atomic mass is 10.4. The molecule has 0 aliphatic carbocycles. The summed E-state index contributed by atoms with van der Waals surface area (Å²) >= 11 is 0. The second kappa shape index (κ2) is 4.61. The molecule has 5 nitrogen and oxygen atoms in total. The molecule has 6 heteroatoms. The van der Waals surface area contributed by atoms with Crippen LogP contribution in [0, 0.1) is 13.8 Å². The number of pyridine rings is 1. The number of nitrogens with zero attached hydrogens (tertiary/aromatic N) is 2. The van der Waals surface area contributed by atoms with Gasteiger partial charge in [-0.15, -0.1) is 0 Å². The number of nitrogens with one attached hydrogen (secondary N) is 1. The van der Waals surface area contributed by atoms with Crippen molar-refractivity contribution in [3.63, 3.8) is 0 Å². The van der Waals surface area contributed by atoms with Gasteiger partial charge >= 0.3 is 0 Å². The molecule has 98 valence electrons. The van der Waals surface area contributed by atoms with Gasteiger partial charge in [-0.25, -0.2) is 13.4 Å². The van der Waals surface area contributed by atoms with Gasteiger partial charge in [0.25, 0.3) is 0 Å². The number of imidazole rings is 1. The Labute approximate surface area is 107 Å². The van der Waals surface area contributed by atoms with Gasteiger partial charge in [0.05, 0.1) is 17.1 Å². The number of aryl methyl sites for hydroxylation is 2. The lowest BCUT2D eigenvalue weighted by molar-refractivity contribution is 0.600. The molecule has 0 amide bonds. The average Bonchev–Trinajstić information content (AvgIpc) is 2.57. The van der Waals surface area contributed by atoms with E-state index in [9.17, 15) is 8.42 Å². The topological polar surface area (TPSA) is 63.5 Å². The highest BCUT2D eigenvalue weighted by molar-refractivity contribution is 7.92. The van der Waals surface area contributed by atoms with Crippen molar-refractivity contribution in [2.45, 2.75) is 27.2 Å². The Bertz CT molecular complexity index is 674. The van der Waals surface area contributed by atoms with Crippen LogP contribution in [-0.4, -0.2) is 23.6 Å². The summed E-state index contributed by atoms with van der Waals surface area (Å²) in [4.78, 5) is 4.39. The van der Waals surface area contributed by atoms with Crippen LogP contribution in [0.5, 0.6) is 0 Å². The number of aromatic nitrogens is 2. The summed E-state index contributed by atoms with van der Waals surface area (Å²) in [6.07, 6.45) is 2.47. The zero-order valence-corrected chi connectivity index (χ0v) is 11.6. The summed E-state index contributed by atoms with van der Waals surface area (Å²) in [5.74, 6) is 0.118. The second-order valence-corrected chi connectivity index (χ2v) is 6.16. The van der Waals surface area contributed by atoms with Crippen LogP contribution in [0.15, 0.2) is 18.3 Å². The van der Waals surface area contributed by atoms with E-state index in [0.717, 1.165) is 11.4 Å². The van der Waals surface area contributed by atoms with Crippen molar-refractivity contribution in [2.24, 2.45) is 0 Å². The van der Waals surface area contributed by atoms with Crippen molar-refractivity contribution in [1.82, 2.24) is 9.38 Å². The molecular formula is C12H17N3O2S. The fraction of sp³-hybridized carbons (Fsp3) is 0.417. The zero-order valence-electron chi connectivity index (χ0n) is 10.8. The van der Waals surface area contributed by atoms with Crippen molar-refractivity contribution in [3.8, 4) is 0 Å². The highest BCUT2D eigenvalue weighted by Crippen LogP contribution is 2.20. The molecule has 0 bridgehead atoms. The molecule has 2 heterocycles. The number of hydrogen-bond acceptors (Lipinski definition) is 3. The smallest absolute Gasteiger partial charge is 0.232 e. The Morgan fingerprint density at radius 2 is 2.11 bits per heavy atom. The van der Waals surface area contributed by atoms with Crippen LogP contribution in [0.3, 0.4) is 0 Å². The zero-order chi connectivity index (χ0) is 13.3. The predicted molar refractivity (Wildman–Crippen MR) is 72.4 cm³/mol. The SMILES string of the molecule is CCCS(=O)(=O)Nc1cccn2c(C)c(C)nc12. The lowest BCUT2D eigenvalue weighted by Gasteiger charge is -2.08. The molecule has 2 aromatic rings. The van der Waals surface area contributed by atoms with Gasteiger partial charge in [-0.2, -0.15) is 0 Å². The summed E-state index contributed by atoms with van der Waals surface area (Å²) in [5.41, 5.74) is 3.09. The minimum atomic E-state index is -3.28. The van der Waals surface area contributed by atoms with Crippen molar-refractivity contribution in [1.29, 1.82) is 0 Å². The highest BCUT2D eigenvalue weighted by Gasteiger charge is 2.13. The molecule has 18 heavy (non-hydrogen) atoms. The molecule has 0 aliphatic rings. The summed E-state index contributed by atoms with van der Waals surface area (Å²) in [6.45, 7) is 5.70. The van der Waals surface area contributed by atoms with Crippen LogP contribution in [-0.2, 0) is 10.0 Å². The maximum Gasteiger partial charge on any atom is 0.232 e. The van der Waals surface area contributed by atoms with E-state index in [4.69, 9.17) is 0 Å². The van der Waals surface area contributed by atoms with Crippen LogP contribution in [0.25, 0.3) is 5.65 Å². The van der Waals surface area contributed by atoms with Crippen molar-refractivity contribution >= 4 is 21.4 Å². The highest BCUT2D eigenvalue weighted by atomic mass is 32.2. The normalized spacial score (nSPS) is 11.9. The molecule has 1 N–H and O–H groups in total. The minimum Gasteiger partial charge on any atom is -0.302 e. The molecule has 0 saturated heterocycles. The van der Waals surface area contributed by atoms with Crippen LogP contribution in [0.2, 0.25) is 0 Å². The van der Waals surface area contributed by atoms with E-state index >= 15 is 0 Å². The maximum atomic E-state index is 11.8. The standard InChI is InChI=1S/C12H17N3O2S/c1-4-8-18(16,17)14-11-6-5-7-15-10(3)9(2)13-12(11)15/h5-7,14H,4,8H2,1-3H3. The quantitative estimate of drug-likeness (QED) is 0.922. The van der Waals surface area contributed by atoms with Gasteiger partial charge in [-0.1, -0.05) is 6.92 Å². The van der Waals surface area contributed by atoms with E-state index in [1.54, 1.807) is 6.07 Å². The number of hydrogen-bond donors (Lipinski definition) is 1. The third-order valence-electron chi connectivity index (χ3n) is 2.86. The molecule has 0 saturated carbocycles. The first-order chi connectivity index (χ1) is 8.44. The van der Waals surface area contributed by atoms with Crippen molar-refractivity contribution < 1.29 is 8.42 Å². The summed E-state index contributed by atoms with van der Waals surface area (Å²) in [5, 5.41) is 0. The molecule has 0 atom stereocenters. The van der Waals surface area contributed by atoms with Crippen molar-refractivity contribution in [2.75, 3.05) is 10.5 Å². The third-order valence-corrected chi connectivity index (χ3v) is 4.34. The van der Waals surface area contributed by atoms with E-state index in [2.05, 4.69) is 9.71 Å². The van der Waals surface area contributed by atoms with Crippen LogP contribution < -0.4 is 4.72 Å². The third kappa shape index (κ3) is 2.33. The average molecular weight is 267 g/mol. The Balaban J connectivity index is 2.49. The van der Waals surface area contributed by atoms with Crippen LogP contribution in [0.4, 0.5) is 5.69 Å². The summed E-state index contributed by atoms with van der Waals surface area (Å²) < 4.78 is 28.1. The molecule has 0 aliphatic heterocycles. The van der Waals surface area contributed by atoms with Gasteiger partial charge in [-0.05, 0) is 32.4 Å². The Hall–Kier alpha value is -1.56. The first-order valence-corrected chi connectivity index (χ1v) is 7.54. The van der Waals surface area contributed by atoms with Gasteiger partial charge in [0.1, 0.15) is 0 Å². The number of sulfonamides is 1. The Morgan fingerprint density at radius 1 is 1.39 bits per heavy atom. The summed E-state index contributed by atoms with van der Waals surface area (Å²) in [7, 11) is -3.28. The Kier molecular flexibility index (Phi) is 3.30. The van der Waals surface area contributed by atoms with Gasteiger partial charge in [0.2, 0.25) is 10.0 Å². The monoisotopic (exact) mass is 267 g/mol. The van der Waals surface area contributed by atoms with Gasteiger partial charge in [-0.3, -0.25) is 4.72 Å². The molecule has 0 fully saturated rings. The molecule has 2 aromatic heterocycles. The van der Waals surface area contributed by atoms with E-state index < -0.39 is 10.0 Å². The fourth-order valence-corrected chi connectivity index (χ4v) is 3.00. The first-order valence-electron chi connectivity index (χ1n) is 5.89. The van der Waals surface area contributed by atoms with Gasteiger partial charge in [0, 0.05) is 11.9 Å². The predicted octanol–water partition coefficient (Wildman–Crippen LogP) is 2.10. The molecule has 0 spiro atoms.